The third-order valence-electron chi connectivity index (χ3n) is 6.37. The average Bonchev–Trinajstić information content (AvgIpc) is 2.96. The molecule has 0 saturated carbocycles. The van der Waals surface area contributed by atoms with Crippen molar-refractivity contribution in [2.24, 2.45) is 0 Å². The Morgan fingerprint density at radius 2 is 1.62 bits per heavy atom. The van der Waals surface area contributed by atoms with E-state index >= 15 is 0 Å². The summed E-state index contributed by atoms with van der Waals surface area (Å²) in [6.07, 6.45) is -4.58. The van der Waals surface area contributed by atoms with E-state index in [4.69, 9.17) is 4.74 Å². The molecule has 4 rings (SSSR count). The van der Waals surface area contributed by atoms with Crippen LogP contribution in [0.2, 0.25) is 0 Å². The number of carbonyl (C=O) groups excluding carboxylic acids is 1. The lowest BCUT2D eigenvalue weighted by Crippen LogP contribution is -2.48. The average molecular weight is 562 g/mol. The fourth-order valence-corrected chi connectivity index (χ4v) is 4.09. The number of rotatable bonds is 11. The maximum absolute atomic E-state index is 13.2. The van der Waals surface area contributed by atoms with Gasteiger partial charge in [0.1, 0.15) is 5.82 Å². The molecule has 1 aliphatic rings. The molecule has 0 bridgehead atoms. The smallest absolute Gasteiger partial charge is 0.422 e. The number of likely N-dealkylation sites (N-methyl/N-ethyl adjacent to an activating group) is 1. The molecule has 40 heavy (non-hydrogen) atoms. The fraction of sp³-hybridized carbons (Fsp3) is 0.407. The van der Waals surface area contributed by atoms with Crippen molar-refractivity contribution >= 4 is 11.9 Å². The highest BCUT2D eigenvalue weighted by molar-refractivity contribution is 5.94. The molecule has 1 aromatic heterocycles. The van der Waals surface area contributed by atoms with E-state index < -0.39 is 24.6 Å². The Kier molecular flexibility index (Phi) is 9.83. The van der Waals surface area contributed by atoms with Crippen LogP contribution in [0, 0.1) is 5.82 Å². The molecule has 0 unspecified atom stereocenters. The summed E-state index contributed by atoms with van der Waals surface area (Å²) in [5.41, 5.74) is 1.59. The summed E-state index contributed by atoms with van der Waals surface area (Å²) < 4.78 is 56.1. The Bertz CT molecular complexity index is 1250. The number of nitrogens with one attached hydrogen (secondary N) is 2. The molecule has 3 aromatic rings. The van der Waals surface area contributed by atoms with Gasteiger partial charge in [-0.3, -0.25) is 9.69 Å². The largest absolute Gasteiger partial charge is 0.454 e. The second kappa shape index (κ2) is 13.5. The van der Waals surface area contributed by atoms with Gasteiger partial charge in [-0.05, 0) is 36.4 Å². The quantitative estimate of drug-likeness (QED) is 0.343. The van der Waals surface area contributed by atoms with Gasteiger partial charge in [0.15, 0.2) is 12.4 Å². The first kappa shape index (κ1) is 29.2. The second-order valence-electron chi connectivity index (χ2n) is 9.26. The molecule has 2 N–H and O–H groups in total. The lowest BCUT2D eigenvalue weighted by Gasteiger charge is -2.33. The number of nitrogens with zero attached hydrogens (tertiary/aromatic N) is 5. The van der Waals surface area contributed by atoms with Crippen molar-refractivity contribution in [2.45, 2.75) is 19.6 Å². The van der Waals surface area contributed by atoms with Gasteiger partial charge in [0.25, 0.3) is 5.91 Å². The molecule has 214 valence electrons. The van der Waals surface area contributed by atoms with E-state index in [0.717, 1.165) is 39.3 Å². The SMILES string of the molecule is CCN1CCN(CCNC(=O)c2ccc(-c3nc(NCc4ccc(F)cc4)nc(OCC(F)(F)F)n3)cc2)CC1. The molecule has 0 radical (unpaired) electrons. The predicted octanol–water partition coefficient (Wildman–Crippen LogP) is 3.60. The molecule has 2 heterocycles. The number of hydrogen-bond acceptors (Lipinski definition) is 8. The van der Waals surface area contributed by atoms with Crippen LogP contribution in [0.3, 0.4) is 0 Å². The van der Waals surface area contributed by atoms with Gasteiger partial charge in [-0.15, -0.1) is 0 Å². The van der Waals surface area contributed by atoms with Gasteiger partial charge < -0.3 is 20.3 Å². The zero-order valence-electron chi connectivity index (χ0n) is 22.0. The van der Waals surface area contributed by atoms with Crippen LogP contribution in [0.15, 0.2) is 48.5 Å². The first-order chi connectivity index (χ1) is 19.2. The molecule has 0 spiro atoms. The van der Waals surface area contributed by atoms with E-state index in [9.17, 15) is 22.4 Å². The van der Waals surface area contributed by atoms with Gasteiger partial charge in [-0.1, -0.05) is 31.2 Å². The third-order valence-corrected chi connectivity index (χ3v) is 6.37. The normalized spacial score (nSPS) is 14.6. The topological polar surface area (TPSA) is 95.5 Å². The highest BCUT2D eigenvalue weighted by Crippen LogP contribution is 2.22. The van der Waals surface area contributed by atoms with Crippen LogP contribution in [-0.4, -0.2) is 89.3 Å². The van der Waals surface area contributed by atoms with E-state index in [1.54, 1.807) is 36.4 Å². The summed E-state index contributed by atoms with van der Waals surface area (Å²) in [4.78, 5) is 29.6. The van der Waals surface area contributed by atoms with Crippen molar-refractivity contribution in [2.75, 3.05) is 57.7 Å². The maximum Gasteiger partial charge on any atom is 0.422 e. The predicted molar refractivity (Wildman–Crippen MR) is 141 cm³/mol. The summed E-state index contributed by atoms with van der Waals surface area (Å²) in [6.45, 7) is 7.08. The van der Waals surface area contributed by atoms with Crippen molar-refractivity contribution < 1.29 is 27.1 Å². The van der Waals surface area contributed by atoms with E-state index in [2.05, 4.69) is 42.3 Å². The molecular weight excluding hydrogens is 530 g/mol. The van der Waals surface area contributed by atoms with Gasteiger partial charge in [0.2, 0.25) is 5.95 Å². The van der Waals surface area contributed by atoms with Crippen molar-refractivity contribution in [3.8, 4) is 17.4 Å². The lowest BCUT2D eigenvalue weighted by atomic mass is 10.1. The fourth-order valence-electron chi connectivity index (χ4n) is 4.09. The minimum Gasteiger partial charge on any atom is -0.454 e. The highest BCUT2D eigenvalue weighted by atomic mass is 19.4. The van der Waals surface area contributed by atoms with Gasteiger partial charge in [0.05, 0.1) is 0 Å². The van der Waals surface area contributed by atoms with Crippen molar-refractivity contribution in [3.05, 3.63) is 65.5 Å². The Labute approximate surface area is 229 Å². The number of halogens is 4. The van der Waals surface area contributed by atoms with Crippen LogP contribution in [0.4, 0.5) is 23.5 Å². The minimum atomic E-state index is -4.58. The molecule has 2 aromatic carbocycles. The number of hydrogen-bond donors (Lipinski definition) is 2. The summed E-state index contributed by atoms with van der Waals surface area (Å²) in [5.74, 6) is -0.582. The number of alkyl halides is 3. The molecule has 13 heteroatoms. The molecule has 9 nitrogen and oxygen atoms in total. The third kappa shape index (κ3) is 8.85. The summed E-state index contributed by atoms with van der Waals surface area (Å²) in [7, 11) is 0. The summed E-state index contributed by atoms with van der Waals surface area (Å²) in [5, 5.41) is 5.82. The monoisotopic (exact) mass is 561 g/mol. The molecule has 0 aliphatic carbocycles. The van der Waals surface area contributed by atoms with Crippen LogP contribution in [0.1, 0.15) is 22.8 Å². The van der Waals surface area contributed by atoms with Crippen LogP contribution < -0.4 is 15.4 Å². The molecule has 0 atom stereocenters. The molecule has 1 fully saturated rings. The maximum atomic E-state index is 13.2. The number of amides is 1. The van der Waals surface area contributed by atoms with Gasteiger partial charge in [0, 0.05) is 56.9 Å². The number of ether oxygens (including phenoxy) is 1. The van der Waals surface area contributed by atoms with Crippen molar-refractivity contribution in [3.63, 3.8) is 0 Å². The number of anilines is 1. The minimum absolute atomic E-state index is 0.0203. The van der Waals surface area contributed by atoms with Crippen LogP contribution in [-0.2, 0) is 6.54 Å². The lowest BCUT2D eigenvalue weighted by molar-refractivity contribution is -0.154. The first-order valence-electron chi connectivity index (χ1n) is 13.0. The Balaban J connectivity index is 1.40. The van der Waals surface area contributed by atoms with Crippen LogP contribution in [0.5, 0.6) is 6.01 Å². The van der Waals surface area contributed by atoms with Gasteiger partial charge in [-0.25, -0.2) is 4.39 Å². The zero-order chi connectivity index (χ0) is 28.5. The molecule has 1 saturated heterocycles. The van der Waals surface area contributed by atoms with Gasteiger partial charge in [-0.2, -0.15) is 28.1 Å². The Hall–Kier alpha value is -3.84. The molecular formula is C27H31F4N7O2. The number of aromatic nitrogens is 3. The van der Waals surface area contributed by atoms with Gasteiger partial charge >= 0.3 is 12.2 Å². The van der Waals surface area contributed by atoms with E-state index in [0.29, 0.717) is 23.2 Å². The van der Waals surface area contributed by atoms with E-state index in [-0.39, 0.29) is 24.2 Å². The Morgan fingerprint density at radius 3 is 2.27 bits per heavy atom. The second-order valence-corrected chi connectivity index (χ2v) is 9.26. The molecule has 1 aliphatic heterocycles. The highest BCUT2D eigenvalue weighted by Gasteiger charge is 2.29. The van der Waals surface area contributed by atoms with Crippen molar-refractivity contribution in [1.82, 2.24) is 30.1 Å². The summed E-state index contributed by atoms with van der Waals surface area (Å²) >= 11 is 0. The Morgan fingerprint density at radius 1 is 0.950 bits per heavy atom. The first-order valence-corrected chi connectivity index (χ1v) is 13.0. The number of benzene rings is 2. The number of carbonyl (C=O) groups is 1. The molecule has 1 amide bonds. The van der Waals surface area contributed by atoms with E-state index in [1.165, 1.54) is 12.1 Å². The standard InChI is InChI=1S/C27H31F4N7O2/c1-2-37-13-15-38(16-14-37)12-11-32-24(39)21-7-5-20(6-8-21)23-34-25(33-17-19-3-9-22(28)10-4-19)36-26(35-23)40-18-27(29,30)31/h3-10H,2,11-18H2,1H3,(H,32,39)(H,33,34,35,36). The van der Waals surface area contributed by atoms with Crippen molar-refractivity contribution in [1.29, 1.82) is 0 Å². The number of piperazine rings is 1. The van der Waals surface area contributed by atoms with E-state index in [1.807, 2.05) is 0 Å². The van der Waals surface area contributed by atoms with Crippen LogP contribution in [0.25, 0.3) is 11.4 Å². The zero-order valence-corrected chi connectivity index (χ0v) is 22.0. The summed E-state index contributed by atoms with van der Waals surface area (Å²) in [6, 6.07) is 11.6. The van der Waals surface area contributed by atoms with Crippen LogP contribution >= 0.6 is 0 Å².